The molecule has 2 aliphatic heterocycles. The van der Waals surface area contributed by atoms with Crippen molar-refractivity contribution < 1.29 is 18.0 Å². The van der Waals surface area contributed by atoms with E-state index in [0.717, 1.165) is 50.8 Å². The zero-order valence-electron chi connectivity index (χ0n) is 20.2. The van der Waals surface area contributed by atoms with Crippen molar-refractivity contribution in [2.24, 2.45) is 11.7 Å². The van der Waals surface area contributed by atoms with Crippen LogP contribution in [0.3, 0.4) is 0 Å². The Hall–Kier alpha value is -3.39. The van der Waals surface area contributed by atoms with Crippen LogP contribution in [0.4, 0.5) is 24.8 Å². The summed E-state index contributed by atoms with van der Waals surface area (Å²) in [6.07, 6.45) is 0.709. The summed E-state index contributed by atoms with van der Waals surface area (Å²) in [5, 5.41) is 11.1. The number of nitriles is 1. The van der Waals surface area contributed by atoms with Crippen molar-refractivity contribution >= 4 is 18.0 Å². The molecule has 11 heteroatoms. The van der Waals surface area contributed by atoms with Crippen molar-refractivity contribution in [3.8, 4) is 6.07 Å². The van der Waals surface area contributed by atoms with Gasteiger partial charge in [0.05, 0.1) is 11.6 Å². The molecule has 0 unspecified atom stereocenters. The first-order chi connectivity index (χ1) is 17.3. The van der Waals surface area contributed by atoms with E-state index < -0.39 is 12.0 Å². The number of benzene rings is 1. The first kappa shape index (κ1) is 27.2. The number of rotatable bonds is 7. The Labute approximate surface area is 209 Å². The normalized spacial score (nSPS) is 16.2. The average Bonchev–Trinajstić information content (AvgIpc) is 3.44. The molecule has 36 heavy (non-hydrogen) atoms. The molecule has 3 N–H and O–H groups in total. The van der Waals surface area contributed by atoms with Crippen molar-refractivity contribution in [3.05, 3.63) is 47.3 Å². The van der Waals surface area contributed by atoms with E-state index >= 15 is 0 Å². The van der Waals surface area contributed by atoms with Gasteiger partial charge in [-0.2, -0.15) is 18.4 Å². The highest BCUT2D eigenvalue weighted by Gasteiger charge is 2.36. The van der Waals surface area contributed by atoms with Gasteiger partial charge in [-0.15, -0.1) is 0 Å². The summed E-state index contributed by atoms with van der Waals surface area (Å²) in [6, 6.07) is 11.1. The Morgan fingerprint density at radius 1 is 1.06 bits per heavy atom. The first-order valence-corrected chi connectivity index (χ1v) is 12.2. The Morgan fingerprint density at radius 3 is 2.14 bits per heavy atom. The van der Waals surface area contributed by atoms with E-state index in [0.29, 0.717) is 55.7 Å². The highest BCUT2D eigenvalue weighted by Crippen LogP contribution is 2.32. The summed E-state index contributed by atoms with van der Waals surface area (Å²) in [4.78, 5) is 21.3. The van der Waals surface area contributed by atoms with Crippen LogP contribution in [0.1, 0.15) is 42.6 Å². The number of nitrogens with two attached hydrogens (primary N) is 1. The van der Waals surface area contributed by atoms with Gasteiger partial charge in [0.25, 0.3) is 0 Å². The summed E-state index contributed by atoms with van der Waals surface area (Å²) in [6.45, 7) is 4.15. The van der Waals surface area contributed by atoms with Crippen LogP contribution < -0.4 is 20.9 Å². The van der Waals surface area contributed by atoms with E-state index in [2.05, 4.69) is 15.3 Å². The van der Waals surface area contributed by atoms with Gasteiger partial charge >= 0.3 is 6.18 Å². The molecule has 3 heterocycles. The molecule has 0 aliphatic carbocycles. The molecular weight excluding hydrogens is 471 g/mol. The summed E-state index contributed by atoms with van der Waals surface area (Å²) in [5.41, 5.74) is 7.45. The van der Waals surface area contributed by atoms with Crippen molar-refractivity contribution in [3.63, 3.8) is 0 Å². The van der Waals surface area contributed by atoms with Crippen LogP contribution in [0.2, 0.25) is 0 Å². The third-order valence-electron chi connectivity index (χ3n) is 6.38. The van der Waals surface area contributed by atoms with Crippen LogP contribution in [-0.2, 0) is 17.4 Å². The highest BCUT2D eigenvalue weighted by atomic mass is 19.4. The number of piperidine rings is 1. The van der Waals surface area contributed by atoms with E-state index in [9.17, 15) is 18.0 Å². The SMILES string of the molecule is N#Cc1ccc(CCNC=O)cc1.NCC1CCN(c2cc(N3CCCC3)nc(C(F)(F)F)n2)CC1. The standard InChI is InChI=1S/C15H22F3N5.C10H10N2O/c16-15(17,18)14-20-12(22-5-1-2-6-22)9-13(21-14)23-7-3-11(10-19)4-8-23;11-7-10-3-1-9(2-4-10)5-6-12-8-13/h9,11H,1-8,10,19H2;1-4,8H,5-6H2,(H,12,13). The van der Waals surface area contributed by atoms with Gasteiger partial charge in [-0.1, -0.05) is 12.1 Å². The van der Waals surface area contributed by atoms with Gasteiger partial charge in [-0.3, -0.25) is 4.79 Å². The van der Waals surface area contributed by atoms with Crippen molar-refractivity contribution in [1.29, 1.82) is 5.26 Å². The number of amides is 1. The van der Waals surface area contributed by atoms with Gasteiger partial charge in [-0.05, 0) is 62.3 Å². The molecule has 0 bridgehead atoms. The number of alkyl halides is 3. The maximum atomic E-state index is 13.1. The van der Waals surface area contributed by atoms with Crippen LogP contribution >= 0.6 is 0 Å². The largest absolute Gasteiger partial charge is 0.451 e. The van der Waals surface area contributed by atoms with Crippen LogP contribution in [-0.4, -0.2) is 55.6 Å². The summed E-state index contributed by atoms with van der Waals surface area (Å²) >= 11 is 0. The molecule has 2 aliphatic rings. The minimum absolute atomic E-state index is 0.379. The quantitative estimate of drug-likeness (QED) is 0.441. The zero-order valence-corrected chi connectivity index (χ0v) is 20.2. The van der Waals surface area contributed by atoms with E-state index in [-0.39, 0.29) is 0 Å². The maximum Gasteiger partial charge on any atom is 0.451 e. The molecule has 1 aromatic heterocycles. The molecule has 194 valence electrons. The fraction of sp³-hybridized carbons (Fsp3) is 0.520. The van der Waals surface area contributed by atoms with Gasteiger partial charge in [0.2, 0.25) is 12.2 Å². The van der Waals surface area contributed by atoms with Crippen molar-refractivity contribution in [1.82, 2.24) is 15.3 Å². The van der Waals surface area contributed by atoms with Crippen LogP contribution in [0.15, 0.2) is 30.3 Å². The monoisotopic (exact) mass is 503 g/mol. The lowest BCUT2D eigenvalue weighted by molar-refractivity contribution is -0.144. The van der Waals surface area contributed by atoms with Crippen molar-refractivity contribution in [2.75, 3.05) is 49.1 Å². The van der Waals surface area contributed by atoms with Gasteiger partial charge in [0, 0.05) is 38.8 Å². The predicted molar refractivity (Wildman–Crippen MR) is 131 cm³/mol. The molecule has 0 saturated carbocycles. The van der Waals surface area contributed by atoms with Crippen LogP contribution in [0, 0.1) is 17.2 Å². The van der Waals surface area contributed by atoms with Gasteiger partial charge in [-0.25, -0.2) is 9.97 Å². The molecule has 0 atom stereocenters. The van der Waals surface area contributed by atoms with Gasteiger partial charge in [0.15, 0.2) is 0 Å². The third-order valence-corrected chi connectivity index (χ3v) is 6.38. The Morgan fingerprint density at radius 2 is 1.64 bits per heavy atom. The average molecular weight is 504 g/mol. The highest BCUT2D eigenvalue weighted by molar-refractivity contribution is 5.52. The Balaban J connectivity index is 0.000000236. The molecule has 2 fully saturated rings. The number of carbonyl (C=O) groups excluding carboxylic acids is 1. The number of hydrogen-bond donors (Lipinski definition) is 2. The molecule has 2 saturated heterocycles. The maximum absolute atomic E-state index is 13.1. The number of hydrogen-bond acceptors (Lipinski definition) is 7. The Kier molecular flexibility index (Phi) is 9.87. The minimum atomic E-state index is -4.53. The fourth-order valence-corrected chi connectivity index (χ4v) is 4.24. The second kappa shape index (κ2) is 13.1. The summed E-state index contributed by atoms with van der Waals surface area (Å²) < 4.78 is 39.4. The zero-order chi connectivity index (χ0) is 26.0. The number of carbonyl (C=O) groups is 1. The molecule has 0 radical (unpaired) electrons. The number of anilines is 2. The first-order valence-electron chi connectivity index (χ1n) is 12.2. The lowest BCUT2D eigenvalue weighted by Gasteiger charge is -2.33. The number of nitrogens with zero attached hydrogens (tertiary/aromatic N) is 5. The topological polar surface area (TPSA) is 111 Å². The number of nitrogens with one attached hydrogen (secondary N) is 1. The molecular formula is C25H32F3N7O. The summed E-state index contributed by atoms with van der Waals surface area (Å²) in [7, 11) is 0. The van der Waals surface area contributed by atoms with Crippen molar-refractivity contribution in [2.45, 2.75) is 38.3 Å². The van der Waals surface area contributed by atoms with Gasteiger partial charge < -0.3 is 20.9 Å². The molecule has 1 amide bonds. The molecule has 1 aromatic carbocycles. The van der Waals surface area contributed by atoms with E-state index in [1.54, 1.807) is 18.2 Å². The Bertz CT molecular complexity index is 1010. The second-order valence-corrected chi connectivity index (χ2v) is 8.90. The van der Waals surface area contributed by atoms with E-state index in [1.807, 2.05) is 28.0 Å². The van der Waals surface area contributed by atoms with Gasteiger partial charge in [0.1, 0.15) is 11.6 Å². The number of aromatic nitrogens is 2. The molecule has 2 aromatic rings. The van der Waals surface area contributed by atoms with Crippen LogP contribution in [0.5, 0.6) is 0 Å². The lowest BCUT2D eigenvalue weighted by Crippen LogP contribution is -2.37. The van der Waals surface area contributed by atoms with E-state index in [1.165, 1.54) is 0 Å². The molecule has 8 nitrogen and oxygen atoms in total. The predicted octanol–water partition coefficient (Wildman–Crippen LogP) is 3.12. The smallest absolute Gasteiger partial charge is 0.358 e. The number of halogens is 3. The minimum Gasteiger partial charge on any atom is -0.358 e. The molecule has 4 rings (SSSR count). The summed E-state index contributed by atoms with van der Waals surface area (Å²) in [5.74, 6) is 0.177. The van der Waals surface area contributed by atoms with Crippen LogP contribution in [0.25, 0.3) is 0 Å². The molecule has 0 spiro atoms. The second-order valence-electron chi connectivity index (χ2n) is 8.90. The van der Waals surface area contributed by atoms with E-state index in [4.69, 9.17) is 11.0 Å². The fourth-order valence-electron chi connectivity index (χ4n) is 4.24. The lowest BCUT2D eigenvalue weighted by atomic mass is 9.97. The third kappa shape index (κ3) is 7.81.